The van der Waals surface area contributed by atoms with Gasteiger partial charge in [0.25, 0.3) is 0 Å². The molecule has 0 aromatic rings. The minimum atomic E-state index is -1.03. The first-order valence-corrected chi connectivity index (χ1v) is 21.0. The summed E-state index contributed by atoms with van der Waals surface area (Å²) in [5.74, 6) is -1.34. The van der Waals surface area contributed by atoms with Crippen molar-refractivity contribution in [1.82, 2.24) is 5.32 Å². The normalized spacial score (nSPS) is 12.2. The Kier molecular flexibility index (Phi) is 37.0. The molecule has 0 spiro atoms. The number of ether oxygens (including phenoxy) is 1. The molecule has 0 radical (unpaired) electrons. The molecule has 0 rings (SSSR count). The molecule has 1 unspecified atom stereocenters. The van der Waals surface area contributed by atoms with Crippen LogP contribution in [0.3, 0.4) is 0 Å². The van der Waals surface area contributed by atoms with Gasteiger partial charge in [0.2, 0.25) is 5.91 Å². The molecule has 1 amide bonds. The summed E-state index contributed by atoms with van der Waals surface area (Å²) in [5, 5.41) is 11.1. The van der Waals surface area contributed by atoms with Gasteiger partial charge in [-0.3, -0.25) is 14.4 Å². The van der Waals surface area contributed by atoms with Crippen LogP contribution < -0.4 is 5.32 Å². The Morgan fingerprint density at radius 2 is 1.00 bits per heavy atom. The first kappa shape index (κ1) is 46.9. The second kappa shape index (κ2) is 38.7. The topological polar surface area (TPSA) is 92.7 Å². The lowest BCUT2D eigenvalue weighted by Crippen LogP contribution is -2.28. The van der Waals surface area contributed by atoms with Crippen molar-refractivity contribution in [3.63, 3.8) is 0 Å². The highest BCUT2D eigenvalue weighted by molar-refractivity contribution is 5.80. The lowest BCUT2D eigenvalue weighted by Gasteiger charge is -2.14. The molecule has 0 saturated carbocycles. The van der Waals surface area contributed by atoms with E-state index in [-0.39, 0.29) is 24.5 Å². The van der Waals surface area contributed by atoms with E-state index in [0.717, 1.165) is 57.8 Å². The molecule has 0 bridgehead atoms. The molecule has 49 heavy (non-hydrogen) atoms. The largest absolute Gasteiger partial charge is 0.480 e. The van der Waals surface area contributed by atoms with Gasteiger partial charge in [-0.15, -0.1) is 0 Å². The van der Waals surface area contributed by atoms with E-state index in [1.165, 1.54) is 135 Å². The van der Waals surface area contributed by atoms with E-state index in [1.54, 1.807) is 0 Å². The molecule has 6 heteroatoms. The van der Waals surface area contributed by atoms with Crippen LogP contribution in [0.4, 0.5) is 0 Å². The first-order valence-electron chi connectivity index (χ1n) is 21.0. The number of carboxylic acid groups (broad SMARTS) is 1. The number of esters is 1. The fourth-order valence-corrected chi connectivity index (χ4v) is 6.22. The highest BCUT2D eigenvalue weighted by Gasteiger charge is 2.12. The monoisotopic (exact) mass is 690 g/mol. The summed E-state index contributed by atoms with van der Waals surface area (Å²) < 4.78 is 5.87. The van der Waals surface area contributed by atoms with Gasteiger partial charge in [0.15, 0.2) is 0 Å². The average molecular weight is 690 g/mol. The lowest BCUT2D eigenvalue weighted by molar-refractivity contribution is -0.147. The van der Waals surface area contributed by atoms with Gasteiger partial charge in [0.05, 0.1) is 0 Å². The summed E-state index contributed by atoms with van der Waals surface area (Å²) in [6.45, 7) is 4.16. The third-order valence-corrected chi connectivity index (χ3v) is 9.36. The molecule has 0 saturated heterocycles. The minimum Gasteiger partial charge on any atom is -0.480 e. The van der Waals surface area contributed by atoms with Crippen LogP contribution in [0.2, 0.25) is 0 Å². The van der Waals surface area contributed by atoms with Gasteiger partial charge in [-0.1, -0.05) is 186 Å². The van der Waals surface area contributed by atoms with Gasteiger partial charge in [-0.05, 0) is 44.6 Å². The van der Waals surface area contributed by atoms with E-state index < -0.39 is 5.97 Å². The maximum absolute atomic E-state index is 12.6. The summed E-state index contributed by atoms with van der Waals surface area (Å²) >= 11 is 0. The highest BCUT2D eigenvalue weighted by Crippen LogP contribution is 2.17. The van der Waals surface area contributed by atoms with Gasteiger partial charge in [-0.2, -0.15) is 0 Å². The number of hydrogen-bond donors (Lipinski definition) is 2. The zero-order valence-electron chi connectivity index (χ0n) is 32.3. The predicted octanol–water partition coefficient (Wildman–Crippen LogP) is 12.7. The van der Waals surface area contributed by atoms with Crippen molar-refractivity contribution in [2.45, 2.75) is 225 Å². The quantitative estimate of drug-likeness (QED) is 0.0382. The molecule has 0 aliphatic heterocycles. The molecular weight excluding hydrogens is 610 g/mol. The van der Waals surface area contributed by atoms with Crippen LogP contribution in [-0.4, -0.2) is 35.6 Å². The Labute approximate surface area is 303 Å². The maximum Gasteiger partial charge on any atom is 0.322 e. The highest BCUT2D eigenvalue weighted by atomic mass is 16.5. The van der Waals surface area contributed by atoms with Crippen LogP contribution >= 0.6 is 0 Å². The second-order valence-electron chi connectivity index (χ2n) is 14.3. The summed E-state index contributed by atoms with van der Waals surface area (Å²) in [4.78, 5) is 34.9. The van der Waals surface area contributed by atoms with Crippen LogP contribution in [0.25, 0.3) is 0 Å². The molecule has 0 aliphatic carbocycles. The fourth-order valence-electron chi connectivity index (χ4n) is 6.22. The summed E-state index contributed by atoms with van der Waals surface area (Å²) in [7, 11) is 0. The number of aliphatic carboxylic acids is 1. The Hall–Kier alpha value is -2.11. The van der Waals surface area contributed by atoms with Crippen molar-refractivity contribution in [2.75, 3.05) is 6.54 Å². The van der Waals surface area contributed by atoms with Gasteiger partial charge in [0, 0.05) is 12.8 Å². The minimum absolute atomic E-state index is 0.0963. The Morgan fingerprint density at radius 3 is 1.49 bits per heavy atom. The molecule has 0 heterocycles. The predicted molar refractivity (Wildman–Crippen MR) is 208 cm³/mol. The SMILES string of the molecule is CCCC/C=C\C/C=C\C(CCCCCCC(=O)NCC(=O)O)OC(=O)CCCCCCCCCCCCCCCCCCCCCCC. The number of hydrogen-bond acceptors (Lipinski definition) is 4. The first-order chi connectivity index (χ1) is 24.0. The second-order valence-corrected chi connectivity index (χ2v) is 14.3. The number of amides is 1. The summed E-state index contributed by atoms with van der Waals surface area (Å²) in [6, 6.07) is 0. The van der Waals surface area contributed by atoms with E-state index in [2.05, 4.69) is 37.4 Å². The van der Waals surface area contributed by atoms with E-state index in [9.17, 15) is 14.4 Å². The van der Waals surface area contributed by atoms with Crippen LogP contribution in [0.15, 0.2) is 24.3 Å². The third-order valence-electron chi connectivity index (χ3n) is 9.36. The standard InChI is InChI=1S/C43H79NO5/c1-3-5-7-9-11-12-13-14-15-16-17-18-19-20-21-22-23-24-26-28-34-38-43(48)49-40(35-31-27-25-10-8-6-4-2)36-32-29-30-33-37-41(45)44-39-42(46)47/h10,25,31,35,40H,3-9,11-24,26-30,32-34,36-39H2,1-2H3,(H,44,45)(H,46,47)/b25-10-,35-31-. The number of carboxylic acids is 1. The van der Waals surface area contributed by atoms with Gasteiger partial charge in [-0.25, -0.2) is 0 Å². The van der Waals surface area contributed by atoms with Crippen LogP contribution in [0.1, 0.15) is 219 Å². The van der Waals surface area contributed by atoms with Gasteiger partial charge < -0.3 is 15.2 Å². The van der Waals surface area contributed by atoms with E-state index in [0.29, 0.717) is 12.8 Å². The number of carbonyl (C=O) groups excluding carboxylic acids is 2. The summed E-state index contributed by atoms with van der Waals surface area (Å²) in [6.07, 6.45) is 46.2. The van der Waals surface area contributed by atoms with Crippen LogP contribution in [0.5, 0.6) is 0 Å². The van der Waals surface area contributed by atoms with Crippen molar-refractivity contribution in [2.24, 2.45) is 0 Å². The molecule has 0 aromatic carbocycles. The smallest absolute Gasteiger partial charge is 0.322 e. The molecule has 0 aliphatic rings. The average Bonchev–Trinajstić information content (AvgIpc) is 3.08. The van der Waals surface area contributed by atoms with E-state index >= 15 is 0 Å². The zero-order chi connectivity index (χ0) is 35.9. The third kappa shape index (κ3) is 38.5. The molecule has 1 atom stereocenters. The molecular formula is C43H79NO5. The fraction of sp³-hybridized carbons (Fsp3) is 0.837. The van der Waals surface area contributed by atoms with Crippen molar-refractivity contribution >= 4 is 17.8 Å². The number of unbranched alkanes of at least 4 members (excludes halogenated alkanes) is 25. The number of allylic oxidation sites excluding steroid dienone is 3. The molecule has 6 nitrogen and oxygen atoms in total. The lowest BCUT2D eigenvalue weighted by atomic mass is 10.0. The molecule has 286 valence electrons. The Balaban J connectivity index is 3.92. The molecule has 0 fully saturated rings. The number of carbonyl (C=O) groups is 3. The molecule has 0 aromatic heterocycles. The zero-order valence-corrected chi connectivity index (χ0v) is 32.3. The van der Waals surface area contributed by atoms with Crippen molar-refractivity contribution in [3.05, 3.63) is 24.3 Å². The van der Waals surface area contributed by atoms with Crippen molar-refractivity contribution in [3.8, 4) is 0 Å². The van der Waals surface area contributed by atoms with Gasteiger partial charge in [0.1, 0.15) is 12.6 Å². The van der Waals surface area contributed by atoms with Crippen LogP contribution in [0, 0.1) is 0 Å². The molecule has 2 N–H and O–H groups in total. The number of nitrogens with one attached hydrogen (secondary N) is 1. The Bertz CT molecular complexity index is 808. The maximum atomic E-state index is 12.6. The Morgan fingerprint density at radius 1 is 0.551 bits per heavy atom. The van der Waals surface area contributed by atoms with E-state index in [1.807, 2.05) is 6.08 Å². The van der Waals surface area contributed by atoms with E-state index in [4.69, 9.17) is 9.84 Å². The van der Waals surface area contributed by atoms with Crippen molar-refractivity contribution in [1.29, 1.82) is 0 Å². The van der Waals surface area contributed by atoms with Crippen molar-refractivity contribution < 1.29 is 24.2 Å². The van der Waals surface area contributed by atoms with Gasteiger partial charge >= 0.3 is 11.9 Å². The number of rotatable bonds is 38. The summed E-state index contributed by atoms with van der Waals surface area (Å²) in [5.41, 5.74) is 0. The van der Waals surface area contributed by atoms with Crippen LogP contribution in [-0.2, 0) is 19.1 Å².